The highest BCUT2D eigenvalue weighted by atomic mass is 32.2. The molecule has 21 fully saturated rings. The van der Waals surface area contributed by atoms with Gasteiger partial charge in [-0.25, -0.2) is 0 Å². The SMILES string of the molecule is N[C@H](CSCC1O[C@H]2O[C@@H]3C(CO)O[C@H](O[C@@H]4C(CO)O[C@H](O[C@@H]5C(CO)O[C@H](O[C@@H]6C(CSC[C@@H](N)C(=O)O)O[C@H](O[C@@H]7C(CO)O[C@@H](O[C@@H]8C(CO)O[C@@H](O[C@H]1C(O)[C@@H]2O)C(O)[C@H]8O)[C@@H](O)C7O)C(O)[C@H]6O)C(O)[C@H]5O)[C@@H](O)C4O)[C@@H](O)C3O)C(=O)O. The van der Waals surface area contributed by atoms with E-state index in [2.05, 4.69) is 0 Å². The van der Waals surface area contributed by atoms with Crippen LogP contribution in [0.15, 0.2) is 0 Å². The van der Waals surface area contributed by atoms with Gasteiger partial charge >= 0.3 is 11.9 Å². The van der Waals surface area contributed by atoms with Crippen molar-refractivity contribution in [3.63, 3.8) is 0 Å². The number of hydrogen-bond donors (Lipinski definition) is 23. The lowest BCUT2D eigenvalue weighted by atomic mass is 9.95. The largest absolute Gasteiger partial charge is 0.480 e. The molecule has 21 aliphatic rings. The number of carbonyl (C=O) groups is 2. The summed E-state index contributed by atoms with van der Waals surface area (Å²) < 4.78 is 81.6. The van der Waals surface area contributed by atoms with Gasteiger partial charge in [-0.05, 0) is 0 Å². The third-order valence-corrected chi connectivity index (χ3v) is 18.5. The minimum Gasteiger partial charge on any atom is -0.480 e. The number of thioether (sulfide) groups is 2. The van der Waals surface area contributed by atoms with Crippen LogP contribution in [0.2, 0.25) is 0 Å². The van der Waals surface area contributed by atoms with Crippen LogP contribution in [-0.4, -0.2) is 402 Å². The summed E-state index contributed by atoms with van der Waals surface area (Å²) in [6, 6.07) is -2.94. The van der Waals surface area contributed by atoms with Crippen molar-refractivity contribution in [2.45, 2.75) is 227 Å². The summed E-state index contributed by atoms with van der Waals surface area (Å²) in [4.78, 5) is 23.2. The lowest BCUT2D eigenvalue weighted by Gasteiger charge is -2.50. The monoisotopic (exact) mass is 1340 g/mol. The van der Waals surface area contributed by atoms with Gasteiger partial charge in [0.15, 0.2) is 44.0 Å². The first-order valence-electron chi connectivity index (χ1n) is 28.1. The van der Waals surface area contributed by atoms with Gasteiger partial charge in [0.2, 0.25) is 0 Å². The van der Waals surface area contributed by atoms with E-state index >= 15 is 0 Å². The zero-order valence-corrected chi connectivity index (χ0v) is 48.3. The molecular formula is C48H80N2O37S2. The second-order valence-corrected chi connectivity index (χ2v) is 24.4. The topological polar surface area (TPSA) is 640 Å². The van der Waals surface area contributed by atoms with E-state index in [1.807, 2.05) is 0 Å². The minimum atomic E-state index is -2.27. The number of aliphatic hydroxyl groups excluding tert-OH is 19. The van der Waals surface area contributed by atoms with E-state index in [1.54, 1.807) is 0 Å². The van der Waals surface area contributed by atoms with Crippen molar-refractivity contribution in [2.24, 2.45) is 11.5 Å². The average Bonchev–Trinajstić information content (AvgIpc) is 0.884. The summed E-state index contributed by atoms with van der Waals surface area (Å²) in [7, 11) is 0. The number of hydrogen-bond acceptors (Lipinski definition) is 39. The van der Waals surface area contributed by atoms with Crippen molar-refractivity contribution in [2.75, 3.05) is 56.0 Å². The highest BCUT2D eigenvalue weighted by Crippen LogP contribution is 2.40. The maximum Gasteiger partial charge on any atom is 0.321 e. The van der Waals surface area contributed by atoms with E-state index in [9.17, 15) is 117 Å². The molecule has 21 aliphatic heterocycles. The smallest absolute Gasteiger partial charge is 0.321 e. The summed E-state index contributed by atoms with van der Waals surface area (Å²) in [5, 5.41) is 233. The summed E-state index contributed by atoms with van der Waals surface area (Å²) in [6.45, 7) is -5.43. The minimum absolute atomic E-state index is 0.319. The lowest BCUT2D eigenvalue weighted by molar-refractivity contribution is -0.395. The molecule has 0 aromatic rings. The number of ether oxygens (including phenoxy) is 14. The Morgan fingerprint density at radius 3 is 0.596 bits per heavy atom. The molecule has 21 rings (SSSR count). The molecule has 0 aromatic carbocycles. The Morgan fingerprint density at radius 2 is 0.438 bits per heavy atom. The Morgan fingerprint density at radius 1 is 0.281 bits per heavy atom. The molecule has 21 saturated heterocycles. The third-order valence-electron chi connectivity index (χ3n) is 16.2. The van der Waals surface area contributed by atoms with Gasteiger partial charge in [-0.15, -0.1) is 0 Å². The Kier molecular flexibility index (Phi) is 26.2. The second kappa shape index (κ2) is 31.9. The van der Waals surface area contributed by atoms with Crippen LogP contribution in [-0.2, 0) is 75.9 Å². The standard InChI is InChI=1S/C48H80N2O37S2/c49-10(40(70)71)6-88-8-17-38-25(62)32(69)48(80-17)85-37-16(5-55)76-44(28(65)21(37)58)83-35-14(3-53)78-46(30(67)23(35)60)87-39-18(9-89-7-11(50)41(72)73)79-47(31(68)24(39)61)84-36-15(4-54)75-43(27(64)20(36)57)81-33-12(1-51)74-42(26(63)19(33)56)82-34-13(2-52)77-45(86-38)29(66)22(34)59/h10-39,42-48,51-69H,1-9,49-50H2,(H,70,71)(H,72,73)/t10-,11-,12?,13?,14?,15?,16?,17?,18?,19?,20?,21?,22-,23-,24?,25-,26+,27+,28+,29?,30?,31+,32?,33-,34-,35-,36-,37-,38-,39-,42-,43-,44+,45-,46+,47+,48-/m1/s1. The first kappa shape index (κ1) is 73.1. The number of carboxylic acids is 2. The van der Waals surface area contributed by atoms with Gasteiger partial charge in [0.25, 0.3) is 0 Å². The van der Waals surface area contributed by atoms with Crippen molar-refractivity contribution in [3.8, 4) is 0 Å². The lowest BCUT2D eigenvalue weighted by Crippen LogP contribution is -2.68. The zero-order valence-electron chi connectivity index (χ0n) is 46.6. The molecule has 0 spiro atoms. The fraction of sp³-hybridized carbons (Fsp3) is 0.958. The van der Waals surface area contributed by atoms with Crippen LogP contribution < -0.4 is 11.5 Å². The molecular weight excluding hydrogens is 1260 g/mol. The molecule has 39 nitrogen and oxygen atoms in total. The summed E-state index contributed by atoms with van der Waals surface area (Å²) in [5.41, 5.74) is 11.4. The zero-order chi connectivity index (χ0) is 65.2. The fourth-order valence-corrected chi connectivity index (χ4v) is 13.2. The molecule has 0 radical (unpaired) electrons. The first-order chi connectivity index (χ1) is 42.2. The summed E-state index contributed by atoms with van der Waals surface area (Å²) >= 11 is 1.60. The first-order valence-corrected chi connectivity index (χ1v) is 30.4. The molecule has 21 heterocycles. The highest BCUT2D eigenvalue weighted by Gasteiger charge is 2.60. The summed E-state index contributed by atoms with van der Waals surface area (Å²) in [6.07, 6.45) is -71.4. The number of rotatable bonds is 15. The van der Waals surface area contributed by atoms with Crippen LogP contribution in [0.1, 0.15) is 0 Å². The van der Waals surface area contributed by atoms with Crippen LogP contribution in [0.4, 0.5) is 0 Å². The fourth-order valence-electron chi connectivity index (χ4n) is 11.2. The van der Waals surface area contributed by atoms with Crippen LogP contribution in [0.5, 0.6) is 0 Å². The van der Waals surface area contributed by atoms with Crippen molar-refractivity contribution in [3.05, 3.63) is 0 Å². The summed E-state index contributed by atoms with van der Waals surface area (Å²) in [5.74, 6) is -4.26. The maximum absolute atomic E-state index is 11.7. The average molecular weight is 1340 g/mol. The Labute approximate surface area is 511 Å². The van der Waals surface area contributed by atoms with E-state index in [4.69, 9.17) is 77.8 Å². The molecule has 0 aliphatic carbocycles. The number of carboxylic acid groups (broad SMARTS) is 2. The Bertz CT molecular complexity index is 2200. The number of aliphatic hydroxyl groups is 19. The highest BCUT2D eigenvalue weighted by molar-refractivity contribution is 7.99. The molecule has 14 unspecified atom stereocenters. The van der Waals surface area contributed by atoms with Crippen molar-refractivity contribution in [1.82, 2.24) is 0 Å². The van der Waals surface area contributed by atoms with Gasteiger partial charge in [0.1, 0.15) is 171 Å². The van der Waals surface area contributed by atoms with Crippen molar-refractivity contribution < 1.29 is 183 Å². The van der Waals surface area contributed by atoms with Gasteiger partial charge in [-0.2, -0.15) is 23.5 Å². The molecule has 516 valence electrons. The van der Waals surface area contributed by atoms with E-state index in [0.717, 1.165) is 23.5 Å². The molecule has 89 heavy (non-hydrogen) atoms. The number of aliphatic carboxylic acids is 2. The van der Waals surface area contributed by atoms with E-state index in [-0.39, 0.29) is 11.5 Å². The Hall–Kier alpha value is -1.76. The third kappa shape index (κ3) is 15.9. The molecule has 0 saturated carbocycles. The van der Waals surface area contributed by atoms with E-state index in [1.165, 1.54) is 0 Å². The second-order valence-electron chi connectivity index (χ2n) is 22.3. The maximum atomic E-state index is 11.7. The molecule has 37 atom stereocenters. The van der Waals surface area contributed by atoms with Crippen molar-refractivity contribution in [1.29, 1.82) is 0 Å². The predicted octanol–water partition coefficient (Wildman–Crippen LogP) is -14.9. The number of nitrogens with two attached hydrogens (primary N) is 2. The molecule has 25 N–H and O–H groups in total. The van der Waals surface area contributed by atoms with Crippen LogP contribution >= 0.6 is 23.5 Å². The van der Waals surface area contributed by atoms with Gasteiger partial charge in [0.05, 0.1) is 45.2 Å². The quantitative estimate of drug-likeness (QED) is 0.0724. The van der Waals surface area contributed by atoms with Crippen molar-refractivity contribution >= 4 is 35.5 Å². The van der Waals surface area contributed by atoms with Gasteiger partial charge in [0, 0.05) is 23.0 Å². The Balaban J connectivity index is 1.11. The van der Waals surface area contributed by atoms with Crippen LogP contribution in [0, 0.1) is 0 Å². The van der Waals surface area contributed by atoms with Gasteiger partial charge in [-0.1, -0.05) is 0 Å². The van der Waals surface area contributed by atoms with Crippen LogP contribution in [0.3, 0.4) is 0 Å². The molecule has 41 heteroatoms. The predicted molar refractivity (Wildman–Crippen MR) is 280 cm³/mol. The normalized spacial score (nSPS) is 50.1. The molecule has 0 amide bonds. The molecule has 0 aromatic heterocycles. The van der Waals surface area contributed by atoms with Gasteiger partial charge in [-0.3, -0.25) is 9.59 Å². The van der Waals surface area contributed by atoms with Gasteiger partial charge < -0.3 is 185 Å². The van der Waals surface area contributed by atoms with E-state index in [0.29, 0.717) is 0 Å². The molecule has 14 bridgehead atoms. The van der Waals surface area contributed by atoms with Crippen LogP contribution in [0.25, 0.3) is 0 Å². The van der Waals surface area contributed by atoms with E-state index < -0.39 is 284 Å².